The Balaban J connectivity index is 2.27. The lowest BCUT2D eigenvalue weighted by molar-refractivity contribution is -0.117. The number of alkyl halides is 1. The standard InChI is InChI=1S/C11H16BrN3O/c1-3-8(2)15-10(4-5-13-15)14-7-9(12)6-11(14)16/h4-5,8-9H,3,6-7H2,1-2H3. The normalized spacial score (nSPS) is 22.8. The molecule has 0 aromatic carbocycles. The van der Waals surface area contributed by atoms with Crippen LogP contribution in [0.4, 0.5) is 5.82 Å². The van der Waals surface area contributed by atoms with Crippen LogP contribution in [0.5, 0.6) is 0 Å². The zero-order chi connectivity index (χ0) is 11.7. The number of nitrogens with zero attached hydrogens (tertiary/aromatic N) is 3. The number of halogens is 1. The van der Waals surface area contributed by atoms with Gasteiger partial charge in [0.2, 0.25) is 5.91 Å². The Morgan fingerprint density at radius 2 is 2.44 bits per heavy atom. The molecule has 5 heteroatoms. The predicted octanol–water partition coefficient (Wildman–Crippen LogP) is 2.35. The number of amides is 1. The molecule has 2 unspecified atom stereocenters. The lowest BCUT2D eigenvalue weighted by Crippen LogP contribution is -2.28. The molecule has 1 aliphatic heterocycles. The molecular weight excluding hydrogens is 270 g/mol. The summed E-state index contributed by atoms with van der Waals surface area (Å²) in [5.41, 5.74) is 0. The first-order valence-electron chi connectivity index (χ1n) is 5.61. The fourth-order valence-electron chi connectivity index (χ4n) is 1.92. The highest BCUT2D eigenvalue weighted by Gasteiger charge is 2.31. The van der Waals surface area contributed by atoms with Crippen LogP contribution in [-0.2, 0) is 4.79 Å². The van der Waals surface area contributed by atoms with Gasteiger partial charge in [0.15, 0.2) is 0 Å². The zero-order valence-corrected chi connectivity index (χ0v) is 11.1. The average Bonchev–Trinajstić information content (AvgIpc) is 2.83. The maximum atomic E-state index is 11.8. The summed E-state index contributed by atoms with van der Waals surface area (Å²) in [5.74, 6) is 1.09. The summed E-state index contributed by atoms with van der Waals surface area (Å²) in [6, 6.07) is 2.24. The fraction of sp³-hybridized carbons (Fsp3) is 0.636. The average molecular weight is 286 g/mol. The highest BCUT2D eigenvalue weighted by molar-refractivity contribution is 9.09. The molecule has 0 aliphatic carbocycles. The Kier molecular flexibility index (Phi) is 3.33. The highest BCUT2D eigenvalue weighted by atomic mass is 79.9. The molecular formula is C11H16BrN3O. The van der Waals surface area contributed by atoms with E-state index in [1.807, 2.05) is 15.6 Å². The van der Waals surface area contributed by atoms with Crippen molar-refractivity contribution >= 4 is 27.7 Å². The fourth-order valence-corrected chi connectivity index (χ4v) is 2.49. The first-order chi connectivity index (χ1) is 7.63. The monoisotopic (exact) mass is 285 g/mol. The van der Waals surface area contributed by atoms with Gasteiger partial charge in [0.05, 0.1) is 12.2 Å². The molecule has 2 heterocycles. The van der Waals surface area contributed by atoms with E-state index in [0.717, 1.165) is 18.8 Å². The Bertz CT molecular complexity index is 390. The van der Waals surface area contributed by atoms with E-state index in [4.69, 9.17) is 0 Å². The van der Waals surface area contributed by atoms with E-state index in [1.165, 1.54) is 0 Å². The van der Waals surface area contributed by atoms with Gasteiger partial charge in [-0.25, -0.2) is 4.68 Å². The number of anilines is 1. The van der Waals surface area contributed by atoms with Crippen molar-refractivity contribution in [2.45, 2.75) is 37.6 Å². The van der Waals surface area contributed by atoms with Crippen LogP contribution in [0, 0.1) is 0 Å². The second kappa shape index (κ2) is 4.57. The van der Waals surface area contributed by atoms with Gasteiger partial charge in [-0.15, -0.1) is 0 Å². The van der Waals surface area contributed by atoms with Gasteiger partial charge < -0.3 is 0 Å². The molecule has 1 saturated heterocycles. The first kappa shape index (κ1) is 11.6. The smallest absolute Gasteiger partial charge is 0.229 e. The Labute approximate surface area is 104 Å². The van der Waals surface area contributed by atoms with Crippen LogP contribution in [0.15, 0.2) is 12.3 Å². The van der Waals surface area contributed by atoms with Gasteiger partial charge in [0, 0.05) is 23.9 Å². The van der Waals surface area contributed by atoms with Crippen LogP contribution in [0.2, 0.25) is 0 Å². The van der Waals surface area contributed by atoms with E-state index < -0.39 is 0 Å². The van der Waals surface area contributed by atoms with E-state index in [2.05, 4.69) is 34.9 Å². The maximum Gasteiger partial charge on any atom is 0.229 e. The molecule has 2 atom stereocenters. The minimum Gasteiger partial charge on any atom is -0.296 e. The Morgan fingerprint density at radius 1 is 1.69 bits per heavy atom. The first-order valence-corrected chi connectivity index (χ1v) is 6.53. The van der Waals surface area contributed by atoms with Crippen molar-refractivity contribution in [3.8, 4) is 0 Å². The van der Waals surface area contributed by atoms with Gasteiger partial charge in [-0.1, -0.05) is 22.9 Å². The minimum atomic E-state index is 0.173. The van der Waals surface area contributed by atoms with E-state index in [0.29, 0.717) is 12.5 Å². The molecule has 88 valence electrons. The summed E-state index contributed by atoms with van der Waals surface area (Å²) in [4.78, 5) is 13.9. The van der Waals surface area contributed by atoms with Crippen LogP contribution in [0.1, 0.15) is 32.7 Å². The molecule has 1 aromatic heterocycles. The molecule has 1 aliphatic rings. The second-order valence-corrected chi connectivity index (χ2v) is 5.49. The summed E-state index contributed by atoms with van der Waals surface area (Å²) in [6.45, 7) is 4.97. The van der Waals surface area contributed by atoms with Crippen molar-refractivity contribution in [3.63, 3.8) is 0 Å². The summed E-state index contributed by atoms with van der Waals surface area (Å²) in [6.07, 6.45) is 3.34. The van der Waals surface area contributed by atoms with Crippen LogP contribution in [-0.4, -0.2) is 27.1 Å². The lowest BCUT2D eigenvalue weighted by Gasteiger charge is -2.20. The third-order valence-corrected chi connectivity index (χ3v) is 3.63. The van der Waals surface area contributed by atoms with Crippen LogP contribution in [0.3, 0.4) is 0 Å². The minimum absolute atomic E-state index is 0.173. The number of hydrogen-bond donors (Lipinski definition) is 0. The molecule has 0 spiro atoms. The molecule has 1 amide bonds. The molecule has 0 N–H and O–H groups in total. The number of carbonyl (C=O) groups excluding carboxylic acids is 1. The second-order valence-electron chi connectivity index (χ2n) is 4.20. The number of carbonyl (C=O) groups is 1. The summed E-state index contributed by atoms with van der Waals surface area (Å²) in [7, 11) is 0. The van der Waals surface area contributed by atoms with Gasteiger partial charge in [0.1, 0.15) is 5.82 Å². The third kappa shape index (κ3) is 2.00. The van der Waals surface area contributed by atoms with E-state index in [-0.39, 0.29) is 10.7 Å². The number of hydrogen-bond acceptors (Lipinski definition) is 2. The van der Waals surface area contributed by atoms with Crippen molar-refractivity contribution in [3.05, 3.63) is 12.3 Å². The summed E-state index contributed by atoms with van der Waals surface area (Å²) < 4.78 is 1.93. The number of rotatable bonds is 3. The van der Waals surface area contributed by atoms with Crippen LogP contribution in [0.25, 0.3) is 0 Å². The van der Waals surface area contributed by atoms with Crippen LogP contribution >= 0.6 is 15.9 Å². The van der Waals surface area contributed by atoms with Crippen molar-refractivity contribution in [2.75, 3.05) is 11.4 Å². The largest absolute Gasteiger partial charge is 0.296 e. The summed E-state index contributed by atoms with van der Waals surface area (Å²) in [5, 5.41) is 4.30. The Morgan fingerprint density at radius 3 is 3.00 bits per heavy atom. The molecule has 16 heavy (non-hydrogen) atoms. The molecule has 2 rings (SSSR count). The van der Waals surface area contributed by atoms with E-state index in [9.17, 15) is 4.79 Å². The molecule has 0 bridgehead atoms. The molecule has 0 saturated carbocycles. The third-order valence-electron chi connectivity index (χ3n) is 3.01. The van der Waals surface area contributed by atoms with Crippen molar-refractivity contribution in [2.24, 2.45) is 0 Å². The predicted molar refractivity (Wildman–Crippen MR) is 66.9 cm³/mol. The number of aromatic nitrogens is 2. The van der Waals surface area contributed by atoms with Gasteiger partial charge >= 0.3 is 0 Å². The van der Waals surface area contributed by atoms with Crippen molar-refractivity contribution in [1.82, 2.24) is 9.78 Å². The van der Waals surface area contributed by atoms with Crippen LogP contribution < -0.4 is 4.90 Å². The van der Waals surface area contributed by atoms with E-state index >= 15 is 0 Å². The lowest BCUT2D eigenvalue weighted by atomic mass is 10.3. The molecule has 4 nitrogen and oxygen atoms in total. The SMILES string of the molecule is CCC(C)n1nccc1N1CC(Br)CC1=O. The molecule has 1 fully saturated rings. The van der Waals surface area contributed by atoms with Crippen molar-refractivity contribution in [1.29, 1.82) is 0 Å². The highest BCUT2D eigenvalue weighted by Crippen LogP contribution is 2.27. The van der Waals surface area contributed by atoms with Gasteiger partial charge in [-0.3, -0.25) is 9.69 Å². The van der Waals surface area contributed by atoms with Gasteiger partial charge in [-0.2, -0.15) is 5.10 Å². The maximum absolute atomic E-state index is 11.8. The van der Waals surface area contributed by atoms with Crippen molar-refractivity contribution < 1.29 is 4.79 Å². The topological polar surface area (TPSA) is 38.1 Å². The quantitative estimate of drug-likeness (QED) is 0.800. The molecule has 0 radical (unpaired) electrons. The molecule has 1 aromatic rings. The zero-order valence-electron chi connectivity index (χ0n) is 9.56. The Hall–Kier alpha value is -0.840. The van der Waals surface area contributed by atoms with Gasteiger partial charge in [0.25, 0.3) is 0 Å². The van der Waals surface area contributed by atoms with Gasteiger partial charge in [-0.05, 0) is 13.3 Å². The summed E-state index contributed by atoms with van der Waals surface area (Å²) >= 11 is 3.49. The van der Waals surface area contributed by atoms with E-state index in [1.54, 1.807) is 6.20 Å².